The van der Waals surface area contributed by atoms with Crippen molar-refractivity contribution in [2.45, 2.75) is 26.3 Å². The summed E-state index contributed by atoms with van der Waals surface area (Å²) < 4.78 is 14.6. The van der Waals surface area contributed by atoms with Gasteiger partial charge in [0.2, 0.25) is 11.8 Å². The van der Waals surface area contributed by atoms with E-state index < -0.39 is 11.9 Å². The highest BCUT2D eigenvalue weighted by Crippen LogP contribution is 2.26. The molecule has 6 heteroatoms. The predicted octanol–water partition coefficient (Wildman–Crippen LogP) is 2.47. The van der Waals surface area contributed by atoms with E-state index in [0.717, 1.165) is 6.42 Å². The Hall–Kier alpha value is -1.43. The molecule has 108 valence electrons. The van der Waals surface area contributed by atoms with Gasteiger partial charge in [-0.2, -0.15) is 0 Å². The summed E-state index contributed by atoms with van der Waals surface area (Å²) in [6.07, 6.45) is 0.757. The summed E-state index contributed by atoms with van der Waals surface area (Å²) in [6, 6.07) is 3.84. The van der Waals surface area contributed by atoms with Gasteiger partial charge in [-0.05, 0) is 24.1 Å². The van der Waals surface area contributed by atoms with E-state index in [-0.39, 0.29) is 30.0 Å². The Bertz CT molecular complexity index is 550. The van der Waals surface area contributed by atoms with E-state index in [2.05, 4.69) is 21.2 Å². The molecule has 0 saturated carbocycles. The van der Waals surface area contributed by atoms with E-state index in [9.17, 15) is 14.0 Å². The van der Waals surface area contributed by atoms with Crippen molar-refractivity contribution in [3.8, 4) is 0 Å². The lowest BCUT2D eigenvalue weighted by molar-refractivity contribution is -0.132. The van der Waals surface area contributed by atoms with Crippen LogP contribution in [0.1, 0.15) is 20.3 Å². The van der Waals surface area contributed by atoms with Gasteiger partial charge in [0.05, 0.1) is 5.69 Å². The van der Waals surface area contributed by atoms with E-state index in [1.54, 1.807) is 6.07 Å². The van der Waals surface area contributed by atoms with Crippen molar-refractivity contribution in [2.24, 2.45) is 5.92 Å². The quantitative estimate of drug-likeness (QED) is 0.917. The first-order valence-corrected chi connectivity index (χ1v) is 7.29. The molecule has 0 radical (unpaired) electrons. The Labute approximate surface area is 125 Å². The summed E-state index contributed by atoms with van der Waals surface area (Å²) >= 11 is 3.17. The van der Waals surface area contributed by atoms with E-state index in [4.69, 9.17) is 0 Å². The van der Waals surface area contributed by atoms with Gasteiger partial charge in [-0.1, -0.05) is 36.2 Å². The minimum absolute atomic E-state index is 0.00718. The number of hydrogen-bond donors (Lipinski definition) is 1. The summed E-state index contributed by atoms with van der Waals surface area (Å²) in [7, 11) is 0. The maximum Gasteiger partial charge on any atom is 0.250 e. The first-order chi connectivity index (χ1) is 9.43. The molecule has 1 aliphatic heterocycles. The van der Waals surface area contributed by atoms with Crippen LogP contribution in [0.3, 0.4) is 0 Å². The molecule has 1 aromatic carbocycles. The first kappa shape index (κ1) is 15.0. The van der Waals surface area contributed by atoms with Gasteiger partial charge < -0.3 is 5.32 Å². The minimum atomic E-state index is -0.593. The van der Waals surface area contributed by atoms with Gasteiger partial charge in [-0.3, -0.25) is 14.5 Å². The van der Waals surface area contributed by atoms with E-state index in [1.807, 2.05) is 13.8 Å². The standard InChI is InChI=1S/C14H16BrFN2O2/c1-3-8(2)13-14(20)18(7-12(19)17-13)11-5-4-9(15)6-10(11)16/h4-6,8,13H,3,7H2,1-2H3,(H,17,19). The number of carbonyl (C=O) groups is 2. The van der Waals surface area contributed by atoms with Gasteiger partial charge >= 0.3 is 0 Å². The average Bonchev–Trinajstić information content (AvgIpc) is 2.40. The van der Waals surface area contributed by atoms with Gasteiger partial charge in [0.25, 0.3) is 0 Å². The molecule has 1 heterocycles. The van der Waals surface area contributed by atoms with E-state index in [1.165, 1.54) is 17.0 Å². The van der Waals surface area contributed by atoms with Crippen LogP contribution in [-0.4, -0.2) is 24.4 Å². The molecule has 0 spiro atoms. The molecule has 4 nitrogen and oxygen atoms in total. The number of benzene rings is 1. The van der Waals surface area contributed by atoms with Crippen LogP contribution in [0.15, 0.2) is 22.7 Å². The molecular weight excluding hydrogens is 327 g/mol. The Balaban J connectivity index is 2.35. The van der Waals surface area contributed by atoms with Crippen molar-refractivity contribution in [1.29, 1.82) is 0 Å². The van der Waals surface area contributed by atoms with Gasteiger partial charge in [0, 0.05) is 4.47 Å². The highest BCUT2D eigenvalue weighted by Gasteiger charge is 2.37. The Morgan fingerprint density at radius 1 is 1.50 bits per heavy atom. The number of amides is 2. The van der Waals surface area contributed by atoms with Crippen molar-refractivity contribution in [3.63, 3.8) is 0 Å². The predicted molar refractivity (Wildman–Crippen MR) is 77.8 cm³/mol. The van der Waals surface area contributed by atoms with E-state index >= 15 is 0 Å². The fraction of sp³-hybridized carbons (Fsp3) is 0.429. The zero-order valence-electron chi connectivity index (χ0n) is 11.3. The monoisotopic (exact) mass is 342 g/mol. The maximum absolute atomic E-state index is 14.0. The SMILES string of the molecule is CCC(C)C1NC(=O)CN(c2ccc(Br)cc2F)C1=O. The number of piperazine rings is 1. The highest BCUT2D eigenvalue weighted by atomic mass is 79.9. The third-order valence-corrected chi connectivity index (χ3v) is 4.06. The number of carbonyl (C=O) groups excluding carboxylic acids is 2. The zero-order chi connectivity index (χ0) is 14.9. The first-order valence-electron chi connectivity index (χ1n) is 6.49. The Morgan fingerprint density at radius 2 is 2.20 bits per heavy atom. The van der Waals surface area contributed by atoms with Gasteiger partial charge in [0.15, 0.2) is 0 Å². The summed E-state index contributed by atoms with van der Waals surface area (Å²) in [6.45, 7) is 3.69. The van der Waals surface area contributed by atoms with Crippen LogP contribution >= 0.6 is 15.9 Å². The third kappa shape index (κ3) is 2.85. The van der Waals surface area contributed by atoms with Crippen molar-refractivity contribution >= 4 is 33.4 Å². The van der Waals surface area contributed by atoms with Crippen molar-refractivity contribution in [3.05, 3.63) is 28.5 Å². The van der Waals surface area contributed by atoms with Gasteiger partial charge in [-0.25, -0.2) is 4.39 Å². The fourth-order valence-corrected chi connectivity index (χ4v) is 2.53. The second-order valence-corrected chi connectivity index (χ2v) is 5.87. The van der Waals surface area contributed by atoms with Crippen LogP contribution in [0.2, 0.25) is 0 Å². The van der Waals surface area contributed by atoms with Crippen molar-refractivity contribution < 1.29 is 14.0 Å². The number of hydrogen-bond acceptors (Lipinski definition) is 2. The van der Waals surface area contributed by atoms with Crippen molar-refractivity contribution in [1.82, 2.24) is 5.32 Å². The Kier molecular flexibility index (Phi) is 4.42. The van der Waals surface area contributed by atoms with Crippen LogP contribution < -0.4 is 10.2 Å². The van der Waals surface area contributed by atoms with Crippen LogP contribution in [0.25, 0.3) is 0 Å². The average molecular weight is 343 g/mol. The summed E-state index contributed by atoms with van der Waals surface area (Å²) in [5.74, 6) is -1.05. The number of anilines is 1. The molecule has 1 fully saturated rings. The minimum Gasteiger partial charge on any atom is -0.342 e. The van der Waals surface area contributed by atoms with Gasteiger partial charge in [-0.15, -0.1) is 0 Å². The molecule has 1 saturated heterocycles. The fourth-order valence-electron chi connectivity index (χ4n) is 2.20. The largest absolute Gasteiger partial charge is 0.342 e. The lowest BCUT2D eigenvalue weighted by Crippen LogP contribution is -2.60. The van der Waals surface area contributed by atoms with Crippen LogP contribution in [-0.2, 0) is 9.59 Å². The summed E-state index contributed by atoms with van der Waals surface area (Å²) in [4.78, 5) is 25.4. The molecule has 1 aromatic rings. The Morgan fingerprint density at radius 3 is 2.80 bits per heavy atom. The summed E-state index contributed by atoms with van der Waals surface area (Å²) in [5.41, 5.74) is 0.140. The molecule has 0 aliphatic carbocycles. The lowest BCUT2D eigenvalue weighted by atomic mass is 9.96. The second kappa shape index (κ2) is 5.91. The molecule has 20 heavy (non-hydrogen) atoms. The lowest BCUT2D eigenvalue weighted by Gasteiger charge is -2.35. The number of rotatable bonds is 3. The van der Waals surface area contributed by atoms with Crippen molar-refractivity contribution in [2.75, 3.05) is 11.4 Å². The normalized spacial score (nSPS) is 20.8. The van der Waals surface area contributed by atoms with Crippen LogP contribution in [0.5, 0.6) is 0 Å². The van der Waals surface area contributed by atoms with Gasteiger partial charge in [0.1, 0.15) is 18.4 Å². The van der Waals surface area contributed by atoms with Crippen LogP contribution in [0, 0.1) is 11.7 Å². The summed E-state index contributed by atoms with van der Waals surface area (Å²) in [5, 5.41) is 2.69. The number of halogens is 2. The molecule has 0 aromatic heterocycles. The topological polar surface area (TPSA) is 49.4 Å². The molecule has 2 rings (SSSR count). The molecule has 2 unspecified atom stereocenters. The zero-order valence-corrected chi connectivity index (χ0v) is 12.9. The molecule has 1 N–H and O–H groups in total. The third-order valence-electron chi connectivity index (χ3n) is 3.56. The van der Waals surface area contributed by atoms with Crippen LogP contribution in [0.4, 0.5) is 10.1 Å². The smallest absolute Gasteiger partial charge is 0.250 e. The molecular formula is C14H16BrFN2O2. The number of nitrogens with zero attached hydrogens (tertiary/aromatic N) is 1. The molecule has 2 amide bonds. The molecule has 2 atom stereocenters. The molecule has 1 aliphatic rings. The maximum atomic E-state index is 14.0. The number of nitrogens with one attached hydrogen (secondary N) is 1. The molecule has 0 bridgehead atoms. The second-order valence-electron chi connectivity index (χ2n) is 4.95. The highest BCUT2D eigenvalue weighted by molar-refractivity contribution is 9.10. The van der Waals surface area contributed by atoms with E-state index in [0.29, 0.717) is 4.47 Å².